The molecule has 0 amide bonds. The van der Waals surface area contributed by atoms with Crippen LogP contribution in [0.15, 0.2) is 24.3 Å². The number of hydrogen-bond donors (Lipinski definition) is 0. The largest absolute Gasteiger partial charge is 0.828 e. The van der Waals surface area contributed by atoms with E-state index < -0.39 is 29.7 Å². The summed E-state index contributed by atoms with van der Waals surface area (Å²) >= 11 is 1.69. The summed E-state index contributed by atoms with van der Waals surface area (Å²) in [5.74, 6) is -3.56. The summed E-state index contributed by atoms with van der Waals surface area (Å²) in [6.45, 7) is 0. The Labute approximate surface area is 121 Å². The van der Waals surface area contributed by atoms with Gasteiger partial charge in [0.05, 0.1) is 0 Å². The van der Waals surface area contributed by atoms with Crippen LogP contribution in [0.25, 0.3) is 0 Å². The number of benzene rings is 1. The standard InChI is InChI=1S/C10H4F6IO3/c11-9(12,13)8(19,10(14,15)16)7(18)20-6-3-1-2-5(17)4-6/h1-4H/q-1. The first-order chi connectivity index (χ1) is 8.89. The summed E-state index contributed by atoms with van der Waals surface area (Å²) < 4.78 is 78.1. The van der Waals surface area contributed by atoms with Gasteiger partial charge in [0, 0.05) is 3.57 Å². The van der Waals surface area contributed by atoms with Gasteiger partial charge in [-0.15, -0.1) is 0 Å². The van der Waals surface area contributed by atoms with Crippen LogP contribution in [0.5, 0.6) is 5.75 Å². The molecule has 10 heteroatoms. The van der Waals surface area contributed by atoms with Gasteiger partial charge in [0.25, 0.3) is 0 Å². The van der Waals surface area contributed by atoms with Crippen LogP contribution >= 0.6 is 22.6 Å². The van der Waals surface area contributed by atoms with Crippen LogP contribution < -0.4 is 9.84 Å². The first-order valence-electron chi connectivity index (χ1n) is 4.71. The summed E-state index contributed by atoms with van der Waals surface area (Å²) in [6.07, 6.45) is -12.7. The highest BCUT2D eigenvalue weighted by molar-refractivity contribution is 14.1. The molecule has 112 valence electrons. The van der Waals surface area contributed by atoms with Crippen molar-refractivity contribution in [1.82, 2.24) is 0 Å². The Morgan fingerprint density at radius 3 is 2.00 bits per heavy atom. The third-order valence-corrected chi connectivity index (χ3v) is 2.76. The maximum absolute atomic E-state index is 12.3. The van der Waals surface area contributed by atoms with E-state index in [0.29, 0.717) is 3.57 Å². The third kappa shape index (κ3) is 3.16. The predicted molar refractivity (Wildman–Crippen MR) is 59.6 cm³/mol. The molecular formula is C10H4F6IO3-. The molecule has 0 unspecified atom stereocenters. The first kappa shape index (κ1) is 17.0. The molecule has 0 atom stereocenters. The Balaban J connectivity index is 3.15. The number of carbonyl (C=O) groups excluding carboxylic acids is 1. The Kier molecular flexibility index (Phi) is 4.58. The van der Waals surface area contributed by atoms with Gasteiger partial charge in [-0.2, -0.15) is 26.3 Å². The average Bonchev–Trinajstić information content (AvgIpc) is 2.24. The van der Waals surface area contributed by atoms with E-state index in [1.54, 1.807) is 22.6 Å². The molecule has 1 aromatic carbocycles. The van der Waals surface area contributed by atoms with Crippen molar-refractivity contribution in [2.75, 3.05) is 0 Å². The SMILES string of the molecule is O=C(Oc1cccc(I)c1)C([O-])(C(F)(F)F)C(F)(F)F. The van der Waals surface area contributed by atoms with E-state index >= 15 is 0 Å². The van der Waals surface area contributed by atoms with Gasteiger partial charge in [0.2, 0.25) is 0 Å². The van der Waals surface area contributed by atoms with Gasteiger partial charge in [-0.3, -0.25) is 4.79 Å². The van der Waals surface area contributed by atoms with Gasteiger partial charge < -0.3 is 9.84 Å². The van der Waals surface area contributed by atoms with E-state index in [0.717, 1.165) is 12.1 Å². The fourth-order valence-corrected chi connectivity index (χ4v) is 1.62. The number of ether oxygens (including phenoxy) is 1. The number of carbonyl (C=O) groups is 1. The molecule has 20 heavy (non-hydrogen) atoms. The van der Waals surface area contributed by atoms with Gasteiger partial charge in [-0.05, 0) is 40.8 Å². The van der Waals surface area contributed by atoms with E-state index in [9.17, 15) is 36.2 Å². The zero-order chi connectivity index (χ0) is 15.8. The molecule has 1 rings (SSSR count). The van der Waals surface area contributed by atoms with Gasteiger partial charge >= 0.3 is 18.3 Å². The van der Waals surface area contributed by atoms with Crippen LogP contribution in [0.1, 0.15) is 0 Å². The fraction of sp³-hybridized carbons (Fsp3) is 0.300. The summed E-state index contributed by atoms with van der Waals surface area (Å²) in [5, 5.41) is 11.0. The zero-order valence-corrected chi connectivity index (χ0v) is 11.3. The minimum atomic E-state index is -6.37. The van der Waals surface area contributed by atoms with E-state index in [2.05, 4.69) is 4.74 Å². The third-order valence-electron chi connectivity index (χ3n) is 2.09. The average molecular weight is 413 g/mol. The molecule has 0 heterocycles. The van der Waals surface area contributed by atoms with Crippen LogP contribution in [0.3, 0.4) is 0 Å². The Hall–Kier alpha value is -1.04. The zero-order valence-electron chi connectivity index (χ0n) is 9.18. The van der Waals surface area contributed by atoms with Crippen LogP contribution in [0.4, 0.5) is 26.3 Å². The lowest BCUT2D eigenvalue weighted by Crippen LogP contribution is -2.72. The van der Waals surface area contributed by atoms with E-state index in [1.165, 1.54) is 12.1 Å². The maximum Gasteiger partial charge on any atom is 0.399 e. The molecule has 0 bridgehead atoms. The highest BCUT2D eigenvalue weighted by Gasteiger charge is 2.68. The van der Waals surface area contributed by atoms with Gasteiger partial charge in [-0.25, -0.2) is 0 Å². The minimum absolute atomic E-state index is 0.392. The smallest absolute Gasteiger partial charge is 0.399 e. The summed E-state index contributed by atoms with van der Waals surface area (Å²) in [7, 11) is 0. The van der Waals surface area contributed by atoms with E-state index in [4.69, 9.17) is 0 Å². The second-order valence-electron chi connectivity index (χ2n) is 3.52. The summed E-state index contributed by atoms with van der Waals surface area (Å²) in [4.78, 5) is 11.1. The van der Waals surface area contributed by atoms with Crippen molar-refractivity contribution in [3.05, 3.63) is 27.8 Å². The van der Waals surface area contributed by atoms with Gasteiger partial charge in [0.15, 0.2) is 5.60 Å². The Bertz CT molecular complexity index is 496. The lowest BCUT2D eigenvalue weighted by Gasteiger charge is -2.39. The monoisotopic (exact) mass is 413 g/mol. The second-order valence-corrected chi connectivity index (χ2v) is 4.77. The molecule has 0 spiro atoms. The van der Waals surface area contributed by atoms with Gasteiger partial charge in [-0.1, -0.05) is 6.07 Å². The molecule has 0 radical (unpaired) electrons. The van der Waals surface area contributed by atoms with E-state index in [1.807, 2.05) is 0 Å². The number of halogens is 7. The van der Waals surface area contributed by atoms with Crippen LogP contribution in [-0.2, 0) is 4.79 Å². The van der Waals surface area contributed by atoms with Crippen LogP contribution in [0.2, 0.25) is 0 Å². The summed E-state index contributed by atoms with van der Waals surface area (Å²) in [5.41, 5.74) is -5.83. The molecule has 3 nitrogen and oxygen atoms in total. The van der Waals surface area contributed by atoms with Crippen molar-refractivity contribution < 1.29 is 41.0 Å². The number of alkyl halides is 6. The Morgan fingerprint density at radius 1 is 1.10 bits per heavy atom. The number of esters is 1. The normalized spacial score (nSPS) is 13.2. The minimum Gasteiger partial charge on any atom is -0.828 e. The Morgan fingerprint density at radius 2 is 1.60 bits per heavy atom. The fourth-order valence-electron chi connectivity index (χ4n) is 1.10. The van der Waals surface area contributed by atoms with Crippen LogP contribution in [0, 0.1) is 3.57 Å². The van der Waals surface area contributed by atoms with Crippen molar-refractivity contribution in [2.45, 2.75) is 18.0 Å². The topological polar surface area (TPSA) is 49.4 Å². The quantitative estimate of drug-likeness (QED) is 0.324. The molecule has 1 aromatic rings. The van der Waals surface area contributed by atoms with Crippen molar-refractivity contribution >= 4 is 28.6 Å². The van der Waals surface area contributed by atoms with Crippen molar-refractivity contribution in [3.63, 3.8) is 0 Å². The molecule has 0 saturated heterocycles. The lowest BCUT2D eigenvalue weighted by molar-refractivity contribution is -0.573. The van der Waals surface area contributed by atoms with Crippen molar-refractivity contribution in [1.29, 1.82) is 0 Å². The molecule has 0 saturated carbocycles. The molecule has 0 fully saturated rings. The number of rotatable bonds is 2. The maximum atomic E-state index is 12.3. The molecule has 0 aliphatic heterocycles. The predicted octanol–water partition coefficient (Wildman–Crippen LogP) is 2.42. The van der Waals surface area contributed by atoms with Crippen LogP contribution in [-0.4, -0.2) is 23.9 Å². The molecule has 0 N–H and O–H groups in total. The molecule has 0 aliphatic carbocycles. The first-order valence-corrected chi connectivity index (χ1v) is 5.79. The summed E-state index contributed by atoms with van der Waals surface area (Å²) in [6, 6.07) is 4.65. The highest BCUT2D eigenvalue weighted by Crippen LogP contribution is 2.41. The van der Waals surface area contributed by atoms with Crippen molar-refractivity contribution in [3.8, 4) is 5.75 Å². The van der Waals surface area contributed by atoms with Gasteiger partial charge in [0.1, 0.15) is 5.75 Å². The molecule has 0 aliphatic rings. The number of hydrogen-bond acceptors (Lipinski definition) is 3. The van der Waals surface area contributed by atoms with E-state index in [-0.39, 0.29) is 0 Å². The molecular weight excluding hydrogens is 409 g/mol. The molecule has 0 aromatic heterocycles. The lowest BCUT2D eigenvalue weighted by atomic mass is 10.0. The highest BCUT2D eigenvalue weighted by atomic mass is 127. The van der Waals surface area contributed by atoms with Crippen molar-refractivity contribution in [2.24, 2.45) is 0 Å². The second kappa shape index (κ2) is 5.39.